The Morgan fingerprint density at radius 3 is 2.64 bits per heavy atom. The smallest absolute Gasteiger partial charge is 0.305 e. The van der Waals surface area contributed by atoms with Gasteiger partial charge in [-0.15, -0.1) is 0 Å². The van der Waals surface area contributed by atoms with Gasteiger partial charge in [-0.2, -0.15) is 0 Å². The molecule has 0 aromatic carbocycles. The molecule has 5 heteroatoms. The summed E-state index contributed by atoms with van der Waals surface area (Å²) in [5.41, 5.74) is 4.74. The summed E-state index contributed by atoms with van der Waals surface area (Å²) >= 11 is 0. The van der Waals surface area contributed by atoms with E-state index in [1.165, 1.54) is 36.0 Å². The van der Waals surface area contributed by atoms with Crippen LogP contribution in [0.5, 0.6) is 0 Å². The molecule has 5 rings (SSSR count). The predicted molar refractivity (Wildman–Crippen MR) is 140 cm³/mol. The lowest BCUT2D eigenvalue weighted by atomic mass is 9.47. The molecule has 2 saturated carbocycles. The molecule has 7 atom stereocenters. The molecule has 0 bridgehead atoms. The Labute approximate surface area is 217 Å². The molecule has 0 amide bonds. The highest BCUT2D eigenvalue weighted by Crippen LogP contribution is 2.66. The second kappa shape index (κ2) is 9.40. The summed E-state index contributed by atoms with van der Waals surface area (Å²) < 4.78 is 6.42. The van der Waals surface area contributed by atoms with Gasteiger partial charge in [0.2, 0.25) is 0 Å². The van der Waals surface area contributed by atoms with E-state index in [0.717, 1.165) is 25.7 Å². The monoisotopic (exact) mass is 492 g/mol. The average molecular weight is 493 g/mol. The van der Waals surface area contributed by atoms with E-state index in [9.17, 15) is 9.90 Å². The van der Waals surface area contributed by atoms with E-state index in [-0.39, 0.29) is 29.3 Å². The number of carbonyl (C=O) groups is 1. The van der Waals surface area contributed by atoms with Crippen molar-refractivity contribution in [3.8, 4) is 0 Å². The number of likely N-dealkylation sites (N-methyl/N-ethyl adjacent to an activating group) is 1. The first-order chi connectivity index (χ1) is 17.0. The molecule has 0 spiro atoms. The van der Waals surface area contributed by atoms with Crippen molar-refractivity contribution >= 4 is 11.5 Å². The van der Waals surface area contributed by atoms with Crippen LogP contribution in [0.25, 0.3) is 5.57 Å². The molecule has 0 N–H and O–H groups in total. The zero-order valence-electron chi connectivity index (χ0n) is 22.8. The largest absolute Gasteiger partial charge is 0.848 e. The van der Waals surface area contributed by atoms with E-state index in [2.05, 4.69) is 43.1 Å². The zero-order valence-corrected chi connectivity index (χ0v) is 22.8. The van der Waals surface area contributed by atoms with Gasteiger partial charge in [-0.1, -0.05) is 43.7 Å². The molecule has 4 aliphatic rings. The molecule has 3 unspecified atom stereocenters. The highest BCUT2D eigenvalue weighted by molar-refractivity contribution is 5.72. The molecule has 1 aromatic rings. The maximum atomic E-state index is 12.5. The van der Waals surface area contributed by atoms with Crippen LogP contribution in [0.1, 0.15) is 70.8 Å². The molecule has 0 aliphatic heterocycles. The number of allylic oxidation sites excluding steroid dienone is 3. The number of carbonyl (C=O) groups excluding carboxylic acids is 1. The molecule has 2 fully saturated rings. The topological polar surface area (TPSA) is 62.2 Å². The maximum Gasteiger partial charge on any atom is 0.305 e. The Morgan fingerprint density at radius 2 is 1.92 bits per heavy atom. The molecule has 196 valence electrons. The van der Waals surface area contributed by atoms with Gasteiger partial charge in [0.05, 0.1) is 27.7 Å². The zero-order chi connectivity index (χ0) is 25.7. The van der Waals surface area contributed by atoms with Crippen LogP contribution in [0, 0.1) is 28.6 Å². The SMILES string of the molecule is C[C@]12CC[C@H](OC(=O)C[C@@H]([O-])C[N+](C)(C)C)CC1=CCC1C2CC[C@]2(C)C(c3cccnc3)=CCC12. The minimum atomic E-state index is -0.908. The summed E-state index contributed by atoms with van der Waals surface area (Å²) in [6, 6.07) is 4.28. The number of rotatable bonds is 6. The maximum absolute atomic E-state index is 12.5. The highest BCUT2D eigenvalue weighted by Gasteiger charge is 2.57. The summed E-state index contributed by atoms with van der Waals surface area (Å²) in [5.74, 6) is 1.77. The first-order valence-electron chi connectivity index (χ1n) is 14.0. The quantitative estimate of drug-likeness (QED) is 0.326. The van der Waals surface area contributed by atoms with Crippen LogP contribution < -0.4 is 5.11 Å². The van der Waals surface area contributed by atoms with E-state index in [1.807, 2.05) is 33.5 Å². The first-order valence-corrected chi connectivity index (χ1v) is 14.0. The van der Waals surface area contributed by atoms with E-state index < -0.39 is 6.10 Å². The van der Waals surface area contributed by atoms with Gasteiger partial charge in [0.15, 0.2) is 0 Å². The fraction of sp³-hybridized carbons (Fsp3) is 0.677. The number of ether oxygens (including phenoxy) is 1. The molecular weight excluding hydrogens is 448 g/mol. The van der Waals surface area contributed by atoms with Crippen LogP contribution in [0.4, 0.5) is 0 Å². The third-order valence-electron chi connectivity index (χ3n) is 10.1. The number of quaternary nitrogens is 1. The number of fused-ring (bicyclic) bond motifs is 5. The minimum absolute atomic E-state index is 0.0282. The van der Waals surface area contributed by atoms with Crippen molar-refractivity contribution in [1.82, 2.24) is 4.98 Å². The van der Waals surface area contributed by atoms with E-state index >= 15 is 0 Å². The van der Waals surface area contributed by atoms with Gasteiger partial charge in [0.25, 0.3) is 0 Å². The molecule has 0 radical (unpaired) electrons. The predicted octanol–water partition coefficient (Wildman–Crippen LogP) is 4.77. The normalized spacial score (nSPS) is 36.6. The number of aromatic nitrogens is 1. The lowest BCUT2D eigenvalue weighted by Gasteiger charge is -2.57. The van der Waals surface area contributed by atoms with Crippen LogP contribution in [-0.4, -0.2) is 55.3 Å². The Bertz CT molecular complexity index is 1040. The Kier molecular flexibility index (Phi) is 6.70. The summed E-state index contributed by atoms with van der Waals surface area (Å²) in [7, 11) is 5.95. The number of hydrogen-bond donors (Lipinski definition) is 0. The molecule has 1 heterocycles. The Hall–Kier alpha value is -1.98. The second-order valence-electron chi connectivity index (χ2n) is 13.5. The lowest BCUT2D eigenvalue weighted by molar-refractivity contribution is -0.880. The van der Waals surface area contributed by atoms with E-state index in [0.29, 0.717) is 28.8 Å². The van der Waals surface area contributed by atoms with E-state index in [4.69, 9.17) is 4.74 Å². The summed E-state index contributed by atoms with van der Waals surface area (Å²) in [6.45, 7) is 5.42. The van der Waals surface area contributed by atoms with Crippen LogP contribution >= 0.6 is 0 Å². The molecule has 5 nitrogen and oxygen atoms in total. The first kappa shape index (κ1) is 25.7. The van der Waals surface area contributed by atoms with Crippen LogP contribution in [0.3, 0.4) is 0 Å². The Morgan fingerprint density at radius 1 is 1.14 bits per heavy atom. The van der Waals surface area contributed by atoms with Crippen molar-refractivity contribution in [3.05, 3.63) is 47.8 Å². The number of hydrogen-bond acceptors (Lipinski definition) is 4. The lowest BCUT2D eigenvalue weighted by Crippen LogP contribution is -2.50. The second-order valence-corrected chi connectivity index (χ2v) is 13.5. The van der Waals surface area contributed by atoms with Crippen molar-refractivity contribution in [2.75, 3.05) is 27.7 Å². The summed E-state index contributed by atoms with van der Waals surface area (Å²) in [4.78, 5) is 16.9. The average Bonchev–Trinajstić information content (AvgIpc) is 3.15. The number of esters is 1. The number of nitrogens with zero attached hydrogens (tertiary/aromatic N) is 2. The van der Waals surface area contributed by atoms with Gasteiger partial charge >= 0.3 is 5.97 Å². The Balaban J connectivity index is 1.25. The third-order valence-corrected chi connectivity index (χ3v) is 10.1. The molecule has 36 heavy (non-hydrogen) atoms. The standard InChI is InChI=1S/C31H44N2O3/c1-30-14-12-24(36-29(35)18-23(34)20-33(3,4)5)17-22(30)8-9-25-27-11-10-26(21-7-6-16-32-19-21)31(27,2)15-13-28(25)30/h6-8,10,16,19,23-25,27-28H,9,11-15,17-18,20H2,1-5H3/t23-,24+,25?,27?,28?,30+,31-/m1/s1. The van der Waals surface area contributed by atoms with E-state index in [1.54, 1.807) is 0 Å². The fourth-order valence-corrected chi connectivity index (χ4v) is 8.36. The van der Waals surface area contributed by atoms with Gasteiger partial charge in [0.1, 0.15) is 6.10 Å². The minimum Gasteiger partial charge on any atom is -0.848 e. The van der Waals surface area contributed by atoms with Gasteiger partial charge in [-0.3, -0.25) is 9.78 Å². The summed E-state index contributed by atoms with van der Waals surface area (Å²) in [5, 5.41) is 12.3. The van der Waals surface area contributed by atoms with Crippen molar-refractivity contribution in [2.24, 2.45) is 28.6 Å². The van der Waals surface area contributed by atoms with Crippen LogP contribution in [-0.2, 0) is 9.53 Å². The van der Waals surface area contributed by atoms with Crippen molar-refractivity contribution in [2.45, 2.75) is 77.4 Å². The fourth-order valence-electron chi connectivity index (χ4n) is 8.36. The van der Waals surface area contributed by atoms with Crippen molar-refractivity contribution in [1.29, 1.82) is 0 Å². The number of pyridine rings is 1. The molecular formula is C31H44N2O3. The van der Waals surface area contributed by atoms with Crippen LogP contribution in [0.15, 0.2) is 42.3 Å². The van der Waals surface area contributed by atoms with Crippen molar-refractivity contribution in [3.63, 3.8) is 0 Å². The molecule has 1 aromatic heterocycles. The highest BCUT2D eigenvalue weighted by atomic mass is 16.5. The van der Waals surface area contributed by atoms with Gasteiger partial charge < -0.3 is 14.3 Å². The van der Waals surface area contributed by atoms with Gasteiger partial charge in [0, 0.05) is 25.2 Å². The van der Waals surface area contributed by atoms with Crippen molar-refractivity contribution < 1.29 is 19.1 Å². The third kappa shape index (κ3) is 4.69. The molecule has 4 aliphatic carbocycles. The van der Waals surface area contributed by atoms with Gasteiger partial charge in [-0.25, -0.2) is 0 Å². The van der Waals surface area contributed by atoms with Gasteiger partial charge in [-0.05, 0) is 84.3 Å². The van der Waals surface area contributed by atoms with Crippen LogP contribution in [0.2, 0.25) is 0 Å². The summed E-state index contributed by atoms with van der Waals surface area (Å²) in [6.07, 6.45) is 15.5. The molecule has 0 saturated heterocycles.